The molecule has 9 heteroatoms. The zero-order valence-electron chi connectivity index (χ0n) is 5.68. The molecule has 0 fully saturated rings. The summed E-state index contributed by atoms with van der Waals surface area (Å²) >= 11 is 0. The minimum absolute atomic E-state index is 0. The Morgan fingerprint density at radius 1 is 0.727 bits per heavy atom. The molecule has 0 unspecified atom stereocenters. The first-order valence-corrected chi connectivity index (χ1v) is 9.90. The van der Waals surface area contributed by atoms with Crippen LogP contribution >= 0.6 is 38.8 Å². The Balaban J connectivity index is -0.0000000178. The molecule has 0 aliphatic carbocycles. The molecule has 0 aromatic carbocycles. The van der Waals surface area contributed by atoms with Gasteiger partial charge in [0.25, 0.3) is 0 Å². The first kappa shape index (κ1) is 29.9. The molecular formula is C2Cl4Cs2O2Ru+2. The van der Waals surface area contributed by atoms with Crippen LogP contribution in [0.4, 0.5) is 0 Å². The van der Waals surface area contributed by atoms with Crippen molar-refractivity contribution < 1.29 is 158 Å². The summed E-state index contributed by atoms with van der Waals surface area (Å²) in [5, 5.41) is 0. The van der Waals surface area contributed by atoms with Crippen LogP contribution in [0, 0.1) is 13.3 Å². The molecule has 0 aliphatic heterocycles. The fraction of sp³-hybridized carbons (Fsp3) is 0. The fourth-order valence-corrected chi connectivity index (χ4v) is 0. The van der Waals surface area contributed by atoms with E-state index in [1.54, 1.807) is 0 Å². The molecule has 0 aromatic heterocycles. The van der Waals surface area contributed by atoms with Crippen molar-refractivity contribution in [1.29, 1.82) is 0 Å². The molecule has 0 aliphatic rings. The van der Waals surface area contributed by atoms with Crippen LogP contribution in [-0.4, -0.2) is 0 Å². The SMILES string of the molecule is [C-]#[O+].[C-]#[O+].[Cl][Ru]([Cl])([Cl])[Cl].[Cs+].[Cs+]. The van der Waals surface area contributed by atoms with E-state index in [9.17, 15) is 0 Å². The molecule has 0 saturated carbocycles. The zero-order valence-corrected chi connectivity index (χ0v) is 23.0. The predicted molar refractivity (Wildman–Crippen MR) is 31.3 cm³/mol. The van der Waals surface area contributed by atoms with Crippen molar-refractivity contribution in [3.05, 3.63) is 13.3 Å². The van der Waals surface area contributed by atoms with Crippen LogP contribution in [0.3, 0.4) is 0 Å². The number of hydrogen-bond donors (Lipinski definition) is 0. The number of rotatable bonds is 0. The van der Waals surface area contributed by atoms with E-state index in [0.29, 0.717) is 0 Å². The summed E-state index contributed by atoms with van der Waals surface area (Å²) in [6.45, 7) is 9.00. The summed E-state index contributed by atoms with van der Waals surface area (Å²) < 4.78 is 15.0. The second kappa shape index (κ2) is 24.5. The Morgan fingerprint density at radius 2 is 0.727 bits per heavy atom. The van der Waals surface area contributed by atoms with Crippen LogP contribution < -0.4 is 138 Å². The molecule has 56 valence electrons. The Bertz CT molecular complexity index is 79.1. The van der Waals surface area contributed by atoms with E-state index in [1.807, 2.05) is 0 Å². The van der Waals surface area contributed by atoms with E-state index >= 15 is 0 Å². The van der Waals surface area contributed by atoms with Crippen molar-refractivity contribution >= 4 is 38.8 Å². The molecule has 0 heterocycles. The van der Waals surface area contributed by atoms with Gasteiger partial charge >= 0.3 is 210 Å². The molecule has 0 spiro atoms. The first-order chi connectivity index (χ1) is 4.00. The molecule has 0 aromatic rings. The molecule has 0 N–H and O–H groups in total. The largest absolute Gasteiger partial charge is 1.00 e. The topological polar surface area (TPSA) is 39.8 Å². The van der Waals surface area contributed by atoms with Gasteiger partial charge in [0.1, 0.15) is 0 Å². The summed E-state index contributed by atoms with van der Waals surface area (Å²) in [5.41, 5.74) is 0. The fourth-order valence-electron chi connectivity index (χ4n) is 0. The minimum atomic E-state index is -2.97. The van der Waals surface area contributed by atoms with Gasteiger partial charge in [-0.05, 0) is 0 Å². The van der Waals surface area contributed by atoms with Crippen molar-refractivity contribution in [2.45, 2.75) is 0 Å². The minimum Gasteiger partial charge on any atom is 1.00 e. The van der Waals surface area contributed by atoms with Crippen molar-refractivity contribution in [3.8, 4) is 0 Å². The molecule has 0 atom stereocenters. The molecular weight excluding hydrogens is 565 g/mol. The maximum absolute atomic E-state index is 7.50. The zero-order chi connectivity index (χ0) is 8.50. The number of hydrogen-bond acceptors (Lipinski definition) is 0. The Hall–Kier alpha value is 5.37. The van der Waals surface area contributed by atoms with Crippen LogP contribution in [0.2, 0.25) is 0 Å². The maximum atomic E-state index is 7.50. The average Bonchev–Trinajstić information content (AvgIpc) is 1.72. The molecule has 11 heavy (non-hydrogen) atoms. The second-order valence-corrected chi connectivity index (χ2v) is 16.1. The van der Waals surface area contributed by atoms with Gasteiger partial charge in [0.15, 0.2) is 0 Å². The van der Waals surface area contributed by atoms with Gasteiger partial charge in [0.2, 0.25) is 0 Å². The predicted octanol–water partition coefficient (Wildman–Crippen LogP) is -3.31. The van der Waals surface area contributed by atoms with E-state index in [2.05, 4.69) is 13.3 Å². The molecule has 0 radical (unpaired) electrons. The molecule has 0 rings (SSSR count). The van der Waals surface area contributed by atoms with E-state index in [-0.39, 0.29) is 138 Å². The Kier molecular flexibility index (Phi) is 66.8. The van der Waals surface area contributed by atoms with Crippen molar-refractivity contribution in [2.75, 3.05) is 0 Å². The van der Waals surface area contributed by atoms with Gasteiger partial charge < -0.3 is 0 Å². The van der Waals surface area contributed by atoms with E-state index in [1.165, 1.54) is 0 Å². The van der Waals surface area contributed by atoms with Crippen molar-refractivity contribution in [1.82, 2.24) is 0 Å². The van der Waals surface area contributed by atoms with E-state index in [0.717, 1.165) is 0 Å². The third kappa shape index (κ3) is 95.3. The summed E-state index contributed by atoms with van der Waals surface area (Å²) in [6.07, 6.45) is 0. The van der Waals surface area contributed by atoms with E-state index in [4.69, 9.17) is 48.1 Å². The molecule has 0 bridgehead atoms. The number of halogens is 4. The van der Waals surface area contributed by atoms with Crippen LogP contribution in [-0.2, 0) is 20.1 Å². The van der Waals surface area contributed by atoms with Crippen molar-refractivity contribution in [3.63, 3.8) is 0 Å². The van der Waals surface area contributed by atoms with Gasteiger partial charge in [-0.25, -0.2) is 0 Å². The molecule has 2 nitrogen and oxygen atoms in total. The third-order valence-electron chi connectivity index (χ3n) is 0. The van der Waals surface area contributed by atoms with Crippen LogP contribution in [0.1, 0.15) is 0 Å². The van der Waals surface area contributed by atoms with E-state index < -0.39 is 10.8 Å². The van der Waals surface area contributed by atoms with Gasteiger partial charge in [-0.2, -0.15) is 0 Å². The standard InChI is InChI=1S/2CO.4ClH.2Cs.Ru/c2*1-2;;;;;;;/h;;4*1H;;;/q;;;;;;2*+1;+4/p-4. The normalized spacial score (nSPS) is 7.27. The van der Waals surface area contributed by atoms with Crippen LogP contribution in [0.5, 0.6) is 0 Å². The van der Waals surface area contributed by atoms with Gasteiger partial charge in [0.05, 0.1) is 0 Å². The Labute approximate surface area is 202 Å². The van der Waals surface area contributed by atoms with Gasteiger partial charge in [-0.3, -0.25) is 0 Å². The third-order valence-corrected chi connectivity index (χ3v) is 0. The summed E-state index contributed by atoms with van der Waals surface area (Å²) in [4.78, 5) is 0. The molecule has 0 amide bonds. The maximum Gasteiger partial charge on any atom is 1.00 e. The Morgan fingerprint density at radius 3 is 0.727 bits per heavy atom. The van der Waals surface area contributed by atoms with Gasteiger partial charge in [0, 0.05) is 0 Å². The quantitative estimate of drug-likeness (QED) is 0.168. The monoisotopic (exact) mass is 564 g/mol. The first-order valence-electron chi connectivity index (χ1n) is 0.943. The summed E-state index contributed by atoms with van der Waals surface area (Å²) in [5.74, 6) is 0. The van der Waals surface area contributed by atoms with Gasteiger partial charge in [-0.15, -0.1) is 0 Å². The van der Waals surface area contributed by atoms with Crippen LogP contribution in [0.25, 0.3) is 0 Å². The van der Waals surface area contributed by atoms with Gasteiger partial charge in [-0.1, -0.05) is 0 Å². The smallest absolute Gasteiger partial charge is 1.00 e. The summed E-state index contributed by atoms with van der Waals surface area (Å²) in [7, 11) is 17.0. The van der Waals surface area contributed by atoms with Crippen molar-refractivity contribution in [2.24, 2.45) is 0 Å². The second-order valence-electron chi connectivity index (χ2n) is 0.303. The average molecular weight is 565 g/mol. The summed E-state index contributed by atoms with van der Waals surface area (Å²) in [6, 6.07) is 0. The molecule has 0 saturated heterocycles. The van der Waals surface area contributed by atoms with Crippen LogP contribution in [0.15, 0.2) is 0 Å².